The van der Waals surface area contributed by atoms with Crippen molar-refractivity contribution in [3.8, 4) is 0 Å². The van der Waals surface area contributed by atoms with Gasteiger partial charge < -0.3 is 15.2 Å². The third-order valence-corrected chi connectivity index (χ3v) is 2.91. The van der Waals surface area contributed by atoms with E-state index in [1.807, 2.05) is 18.7 Å². The molecule has 2 N–H and O–H groups in total. The lowest BCUT2D eigenvalue weighted by Crippen LogP contribution is -2.38. The van der Waals surface area contributed by atoms with Gasteiger partial charge in [-0.2, -0.15) is 0 Å². The van der Waals surface area contributed by atoms with Crippen LogP contribution < -0.4 is 5.73 Å². The second kappa shape index (κ2) is 4.25. The Bertz CT molecular complexity index is 384. The molecular weight excluding hydrogens is 206 g/mol. The molecule has 0 unspecified atom stereocenters. The van der Waals surface area contributed by atoms with Crippen molar-refractivity contribution in [2.75, 3.05) is 6.54 Å². The van der Waals surface area contributed by atoms with Gasteiger partial charge in [-0.05, 0) is 0 Å². The lowest BCUT2D eigenvalue weighted by Gasteiger charge is -2.27. The predicted molar refractivity (Wildman–Crippen MR) is 58.4 cm³/mol. The summed E-state index contributed by atoms with van der Waals surface area (Å²) in [6, 6.07) is 0. The number of carbonyl (C=O) groups is 1. The van der Waals surface area contributed by atoms with Crippen LogP contribution in [0.1, 0.15) is 30.9 Å². The standard InChI is InChI=1S/C11H17N3O2/c1-7(2)11(15)14-4-3-10-8(6-14)9(5-12)13-16-10/h7H,3-6,12H2,1-2H3. The third-order valence-electron chi connectivity index (χ3n) is 2.91. The fraction of sp³-hybridized carbons (Fsp3) is 0.636. The fourth-order valence-corrected chi connectivity index (χ4v) is 1.98. The summed E-state index contributed by atoms with van der Waals surface area (Å²) in [5.74, 6) is 1.09. The number of hydrogen-bond donors (Lipinski definition) is 1. The molecule has 1 aromatic rings. The molecule has 0 radical (unpaired) electrons. The molecule has 88 valence electrons. The Morgan fingerprint density at radius 3 is 3.00 bits per heavy atom. The maximum atomic E-state index is 11.9. The lowest BCUT2D eigenvalue weighted by atomic mass is 10.0. The molecule has 1 aromatic heterocycles. The molecule has 0 atom stereocenters. The summed E-state index contributed by atoms with van der Waals surface area (Å²) in [5, 5.41) is 3.92. The van der Waals surface area contributed by atoms with Crippen molar-refractivity contribution in [3.63, 3.8) is 0 Å². The van der Waals surface area contributed by atoms with Gasteiger partial charge in [-0.25, -0.2) is 0 Å². The van der Waals surface area contributed by atoms with E-state index >= 15 is 0 Å². The zero-order chi connectivity index (χ0) is 11.7. The Labute approximate surface area is 94.6 Å². The van der Waals surface area contributed by atoms with Crippen molar-refractivity contribution in [2.24, 2.45) is 11.7 Å². The average Bonchev–Trinajstić information content (AvgIpc) is 2.69. The van der Waals surface area contributed by atoms with Gasteiger partial charge in [-0.3, -0.25) is 4.79 Å². The van der Waals surface area contributed by atoms with Gasteiger partial charge in [0.25, 0.3) is 0 Å². The van der Waals surface area contributed by atoms with E-state index in [1.165, 1.54) is 0 Å². The summed E-state index contributed by atoms with van der Waals surface area (Å²) in [5.41, 5.74) is 7.35. The summed E-state index contributed by atoms with van der Waals surface area (Å²) >= 11 is 0. The zero-order valence-electron chi connectivity index (χ0n) is 9.69. The van der Waals surface area contributed by atoms with E-state index in [0.29, 0.717) is 19.6 Å². The number of rotatable bonds is 2. The highest BCUT2D eigenvalue weighted by Gasteiger charge is 2.27. The largest absolute Gasteiger partial charge is 0.361 e. The molecule has 16 heavy (non-hydrogen) atoms. The first-order valence-electron chi connectivity index (χ1n) is 5.58. The SMILES string of the molecule is CC(C)C(=O)N1CCc2onc(CN)c2C1. The van der Waals surface area contributed by atoms with E-state index in [1.54, 1.807) is 0 Å². The van der Waals surface area contributed by atoms with Gasteiger partial charge in [-0.15, -0.1) is 0 Å². The van der Waals surface area contributed by atoms with Crippen LogP contribution in [0.25, 0.3) is 0 Å². The molecule has 1 aliphatic rings. The van der Waals surface area contributed by atoms with E-state index in [4.69, 9.17) is 10.3 Å². The Balaban J connectivity index is 2.19. The van der Waals surface area contributed by atoms with Gasteiger partial charge >= 0.3 is 0 Å². The van der Waals surface area contributed by atoms with Crippen LogP contribution >= 0.6 is 0 Å². The van der Waals surface area contributed by atoms with Gasteiger partial charge in [0.15, 0.2) is 0 Å². The third kappa shape index (κ3) is 1.82. The summed E-state index contributed by atoms with van der Waals surface area (Å²) in [7, 11) is 0. The number of nitrogens with two attached hydrogens (primary N) is 1. The fourth-order valence-electron chi connectivity index (χ4n) is 1.98. The summed E-state index contributed by atoms with van der Waals surface area (Å²) in [6.07, 6.45) is 0.737. The second-order valence-electron chi connectivity index (χ2n) is 4.40. The summed E-state index contributed by atoms with van der Waals surface area (Å²) in [6.45, 7) is 5.48. The lowest BCUT2D eigenvalue weighted by molar-refractivity contribution is -0.135. The molecule has 0 aliphatic carbocycles. The second-order valence-corrected chi connectivity index (χ2v) is 4.40. The molecule has 2 rings (SSSR count). The first-order valence-corrected chi connectivity index (χ1v) is 5.58. The Kier molecular flexibility index (Phi) is 2.96. The Morgan fingerprint density at radius 1 is 1.62 bits per heavy atom. The van der Waals surface area contributed by atoms with Gasteiger partial charge in [0, 0.05) is 31.0 Å². The molecule has 0 bridgehead atoms. The minimum absolute atomic E-state index is 0.0303. The van der Waals surface area contributed by atoms with Crippen LogP contribution in [0.2, 0.25) is 0 Å². The van der Waals surface area contributed by atoms with Crippen molar-refractivity contribution >= 4 is 5.91 Å². The van der Waals surface area contributed by atoms with E-state index in [9.17, 15) is 4.79 Å². The highest BCUT2D eigenvalue weighted by Crippen LogP contribution is 2.23. The highest BCUT2D eigenvalue weighted by atomic mass is 16.5. The van der Waals surface area contributed by atoms with Crippen molar-refractivity contribution in [2.45, 2.75) is 33.4 Å². The minimum Gasteiger partial charge on any atom is -0.361 e. The van der Waals surface area contributed by atoms with Gasteiger partial charge in [0.2, 0.25) is 5.91 Å². The van der Waals surface area contributed by atoms with Crippen molar-refractivity contribution in [3.05, 3.63) is 17.0 Å². The number of carbonyl (C=O) groups excluding carboxylic acids is 1. The first kappa shape index (κ1) is 11.1. The van der Waals surface area contributed by atoms with Crippen molar-refractivity contribution in [1.82, 2.24) is 10.1 Å². The van der Waals surface area contributed by atoms with Gasteiger partial charge in [0.1, 0.15) is 11.5 Å². The summed E-state index contributed by atoms with van der Waals surface area (Å²) < 4.78 is 5.20. The van der Waals surface area contributed by atoms with E-state index < -0.39 is 0 Å². The maximum Gasteiger partial charge on any atom is 0.225 e. The van der Waals surface area contributed by atoms with Gasteiger partial charge in [0.05, 0.1) is 6.54 Å². The highest BCUT2D eigenvalue weighted by molar-refractivity contribution is 5.78. The zero-order valence-corrected chi connectivity index (χ0v) is 9.69. The number of hydrogen-bond acceptors (Lipinski definition) is 4. The van der Waals surface area contributed by atoms with Crippen LogP contribution in [0.4, 0.5) is 0 Å². The van der Waals surface area contributed by atoms with E-state index in [-0.39, 0.29) is 11.8 Å². The minimum atomic E-state index is 0.0303. The van der Waals surface area contributed by atoms with Gasteiger partial charge in [-0.1, -0.05) is 19.0 Å². The number of amides is 1. The number of fused-ring (bicyclic) bond motifs is 1. The van der Waals surface area contributed by atoms with E-state index in [0.717, 1.165) is 23.4 Å². The van der Waals surface area contributed by atoms with Crippen molar-refractivity contribution in [1.29, 1.82) is 0 Å². The molecule has 2 heterocycles. The molecule has 5 heteroatoms. The van der Waals surface area contributed by atoms with Crippen molar-refractivity contribution < 1.29 is 9.32 Å². The molecule has 0 saturated heterocycles. The molecular formula is C11H17N3O2. The van der Waals surface area contributed by atoms with Crippen LogP contribution in [0.15, 0.2) is 4.52 Å². The van der Waals surface area contributed by atoms with Crippen LogP contribution in [-0.2, 0) is 24.3 Å². The monoisotopic (exact) mass is 223 g/mol. The molecule has 1 amide bonds. The number of aromatic nitrogens is 1. The smallest absolute Gasteiger partial charge is 0.225 e. The van der Waals surface area contributed by atoms with Crippen LogP contribution in [0, 0.1) is 5.92 Å². The topological polar surface area (TPSA) is 72.4 Å². The van der Waals surface area contributed by atoms with Crippen LogP contribution in [-0.4, -0.2) is 22.5 Å². The quantitative estimate of drug-likeness (QED) is 0.800. The predicted octanol–water partition coefficient (Wildman–Crippen LogP) is 0.674. The Hall–Kier alpha value is -1.36. The molecule has 0 spiro atoms. The van der Waals surface area contributed by atoms with E-state index in [2.05, 4.69) is 5.16 Å². The molecule has 5 nitrogen and oxygen atoms in total. The Morgan fingerprint density at radius 2 is 2.38 bits per heavy atom. The first-order chi connectivity index (χ1) is 7.63. The molecule has 0 fully saturated rings. The molecule has 1 aliphatic heterocycles. The van der Waals surface area contributed by atoms with Crippen LogP contribution in [0.3, 0.4) is 0 Å². The normalized spacial score (nSPS) is 15.4. The maximum absolute atomic E-state index is 11.9. The average molecular weight is 223 g/mol. The summed E-state index contributed by atoms with van der Waals surface area (Å²) in [4.78, 5) is 13.7. The number of nitrogens with zero attached hydrogens (tertiary/aromatic N) is 2. The van der Waals surface area contributed by atoms with Crippen LogP contribution in [0.5, 0.6) is 0 Å². The molecule has 0 aromatic carbocycles. The molecule has 0 saturated carbocycles.